The zero-order valence-corrected chi connectivity index (χ0v) is 12.2. The quantitative estimate of drug-likeness (QED) is 0.907. The Morgan fingerprint density at radius 1 is 1.33 bits per heavy atom. The Kier molecular flexibility index (Phi) is 4.24. The van der Waals surface area contributed by atoms with Crippen LogP contribution in [0.3, 0.4) is 0 Å². The van der Waals surface area contributed by atoms with E-state index >= 15 is 0 Å². The number of rotatable bonds is 3. The minimum Gasteiger partial charge on any atom is -0.346 e. The Morgan fingerprint density at radius 3 is 2.90 bits per heavy atom. The minimum absolute atomic E-state index is 0.0482. The van der Waals surface area contributed by atoms with E-state index < -0.39 is 5.79 Å². The third-order valence-electron chi connectivity index (χ3n) is 4.13. The number of hydrogen-bond donors (Lipinski definition) is 1. The number of piperidine rings is 1. The van der Waals surface area contributed by atoms with E-state index in [4.69, 9.17) is 15.2 Å². The lowest BCUT2D eigenvalue weighted by atomic mass is 10.0. The van der Waals surface area contributed by atoms with E-state index in [0.717, 1.165) is 36.9 Å². The number of hydrogen-bond acceptors (Lipinski definition) is 4. The molecule has 1 aromatic rings. The van der Waals surface area contributed by atoms with Crippen LogP contribution in [0.25, 0.3) is 0 Å². The summed E-state index contributed by atoms with van der Waals surface area (Å²) >= 11 is 0. The summed E-state index contributed by atoms with van der Waals surface area (Å²) in [6.07, 6.45) is 2.56. The minimum atomic E-state index is -0.567. The van der Waals surface area contributed by atoms with E-state index in [-0.39, 0.29) is 5.91 Å². The van der Waals surface area contributed by atoms with Crippen LogP contribution >= 0.6 is 0 Å². The summed E-state index contributed by atoms with van der Waals surface area (Å²) in [6.45, 7) is 3.11. The van der Waals surface area contributed by atoms with Crippen LogP contribution in [0.15, 0.2) is 24.3 Å². The Balaban J connectivity index is 1.73. The van der Waals surface area contributed by atoms with Crippen molar-refractivity contribution in [2.45, 2.75) is 25.0 Å². The van der Waals surface area contributed by atoms with Crippen LogP contribution in [0.4, 0.5) is 0 Å². The van der Waals surface area contributed by atoms with Gasteiger partial charge in [0.2, 0.25) is 0 Å². The fourth-order valence-electron chi connectivity index (χ4n) is 3.10. The van der Waals surface area contributed by atoms with Crippen molar-refractivity contribution < 1.29 is 14.3 Å². The molecule has 0 radical (unpaired) electrons. The van der Waals surface area contributed by atoms with Crippen molar-refractivity contribution in [3.63, 3.8) is 0 Å². The lowest BCUT2D eigenvalue weighted by Gasteiger charge is -2.38. The highest BCUT2D eigenvalue weighted by Gasteiger charge is 2.42. The number of likely N-dealkylation sites (tertiary alicyclic amines) is 1. The molecule has 1 aromatic carbocycles. The molecule has 2 aliphatic heterocycles. The van der Waals surface area contributed by atoms with Crippen LogP contribution in [0.1, 0.15) is 28.8 Å². The van der Waals surface area contributed by atoms with Crippen molar-refractivity contribution in [1.82, 2.24) is 4.90 Å². The van der Waals surface area contributed by atoms with Gasteiger partial charge in [0, 0.05) is 18.5 Å². The molecule has 2 heterocycles. The van der Waals surface area contributed by atoms with Gasteiger partial charge in [-0.15, -0.1) is 0 Å². The van der Waals surface area contributed by atoms with Crippen molar-refractivity contribution in [3.05, 3.63) is 35.4 Å². The molecule has 1 spiro atoms. The van der Waals surface area contributed by atoms with Gasteiger partial charge >= 0.3 is 0 Å². The van der Waals surface area contributed by atoms with E-state index in [9.17, 15) is 4.79 Å². The lowest BCUT2D eigenvalue weighted by Crippen LogP contribution is -2.51. The lowest BCUT2D eigenvalue weighted by molar-refractivity contribution is -0.183. The summed E-state index contributed by atoms with van der Waals surface area (Å²) in [4.78, 5) is 14.5. The van der Waals surface area contributed by atoms with E-state index in [0.29, 0.717) is 26.3 Å². The second kappa shape index (κ2) is 6.13. The summed E-state index contributed by atoms with van der Waals surface area (Å²) < 4.78 is 11.5. The molecule has 5 heteroatoms. The highest BCUT2D eigenvalue weighted by atomic mass is 16.7. The summed E-state index contributed by atoms with van der Waals surface area (Å²) in [5, 5.41) is 0. The van der Waals surface area contributed by atoms with Crippen LogP contribution < -0.4 is 5.73 Å². The predicted molar refractivity (Wildman–Crippen MR) is 79.0 cm³/mol. The number of nitrogens with two attached hydrogens (primary N) is 1. The fraction of sp³-hybridized carbons (Fsp3) is 0.562. The Morgan fingerprint density at radius 2 is 2.14 bits per heavy atom. The first-order valence-corrected chi connectivity index (χ1v) is 7.59. The van der Waals surface area contributed by atoms with Crippen molar-refractivity contribution in [1.29, 1.82) is 0 Å². The van der Waals surface area contributed by atoms with Gasteiger partial charge in [-0.2, -0.15) is 0 Å². The van der Waals surface area contributed by atoms with Gasteiger partial charge in [-0.3, -0.25) is 4.79 Å². The molecule has 3 rings (SSSR count). The Bertz CT molecular complexity index is 512. The number of amides is 1. The van der Waals surface area contributed by atoms with Gasteiger partial charge in [-0.25, -0.2) is 0 Å². The summed E-state index contributed by atoms with van der Waals surface area (Å²) in [5.41, 5.74) is 7.40. The maximum atomic E-state index is 12.7. The molecular formula is C16H22N2O3. The highest BCUT2D eigenvalue weighted by Crippen LogP contribution is 2.30. The topological polar surface area (TPSA) is 64.8 Å². The maximum absolute atomic E-state index is 12.7. The Hall–Kier alpha value is -1.43. The number of nitrogens with zero attached hydrogens (tertiary/aromatic N) is 1. The van der Waals surface area contributed by atoms with Gasteiger partial charge in [-0.05, 0) is 37.1 Å². The third-order valence-corrected chi connectivity index (χ3v) is 4.13. The molecule has 2 aliphatic rings. The number of benzene rings is 1. The number of carbonyl (C=O) groups excluding carboxylic acids is 1. The third kappa shape index (κ3) is 3.10. The zero-order valence-electron chi connectivity index (χ0n) is 12.2. The van der Waals surface area contributed by atoms with Gasteiger partial charge in [0.05, 0.1) is 19.8 Å². The largest absolute Gasteiger partial charge is 0.346 e. The molecule has 0 atom stereocenters. The molecule has 21 heavy (non-hydrogen) atoms. The van der Waals surface area contributed by atoms with Gasteiger partial charge < -0.3 is 20.1 Å². The highest BCUT2D eigenvalue weighted by molar-refractivity contribution is 5.94. The molecule has 2 N–H and O–H groups in total. The fourth-order valence-corrected chi connectivity index (χ4v) is 3.10. The van der Waals surface area contributed by atoms with E-state index in [2.05, 4.69) is 0 Å². The monoisotopic (exact) mass is 290 g/mol. The average Bonchev–Trinajstić information content (AvgIpc) is 2.95. The maximum Gasteiger partial charge on any atom is 0.254 e. The van der Waals surface area contributed by atoms with Crippen molar-refractivity contribution in [3.8, 4) is 0 Å². The van der Waals surface area contributed by atoms with Crippen molar-refractivity contribution >= 4 is 5.91 Å². The molecule has 0 bridgehead atoms. The van der Waals surface area contributed by atoms with Crippen LogP contribution in [-0.4, -0.2) is 49.4 Å². The molecular weight excluding hydrogens is 268 g/mol. The number of carbonyl (C=O) groups is 1. The first-order chi connectivity index (χ1) is 10.2. The standard InChI is InChI=1S/C16H22N2O3/c17-7-5-13-3-1-4-14(11-13)15(19)18-8-2-6-16(12-18)20-9-10-21-16/h1,3-4,11H,2,5-10,12,17H2. The second-order valence-electron chi connectivity index (χ2n) is 5.68. The van der Waals surface area contributed by atoms with Crippen LogP contribution in [0, 0.1) is 0 Å². The van der Waals surface area contributed by atoms with Crippen LogP contribution in [-0.2, 0) is 15.9 Å². The molecule has 1 amide bonds. The SMILES string of the molecule is NCCc1cccc(C(=O)N2CCCC3(C2)OCCO3)c1. The first kappa shape index (κ1) is 14.5. The van der Waals surface area contributed by atoms with Gasteiger partial charge in [-0.1, -0.05) is 12.1 Å². The molecule has 0 aromatic heterocycles. The van der Waals surface area contributed by atoms with Gasteiger partial charge in [0.25, 0.3) is 5.91 Å². The van der Waals surface area contributed by atoms with E-state index in [1.165, 1.54) is 0 Å². The van der Waals surface area contributed by atoms with Crippen molar-refractivity contribution in [2.75, 3.05) is 32.8 Å². The molecule has 2 fully saturated rings. The van der Waals surface area contributed by atoms with E-state index in [1.54, 1.807) is 0 Å². The van der Waals surface area contributed by atoms with E-state index in [1.807, 2.05) is 29.2 Å². The zero-order chi connectivity index (χ0) is 14.7. The van der Waals surface area contributed by atoms with Gasteiger partial charge in [0.15, 0.2) is 5.79 Å². The Labute approximate surface area is 125 Å². The molecule has 5 nitrogen and oxygen atoms in total. The molecule has 0 unspecified atom stereocenters. The molecule has 0 aliphatic carbocycles. The number of ether oxygens (including phenoxy) is 2. The smallest absolute Gasteiger partial charge is 0.254 e. The van der Waals surface area contributed by atoms with Crippen LogP contribution in [0.5, 0.6) is 0 Å². The van der Waals surface area contributed by atoms with Crippen LogP contribution in [0.2, 0.25) is 0 Å². The summed E-state index contributed by atoms with van der Waals surface area (Å²) in [6, 6.07) is 7.72. The summed E-state index contributed by atoms with van der Waals surface area (Å²) in [7, 11) is 0. The molecule has 114 valence electrons. The predicted octanol–water partition coefficient (Wildman–Crippen LogP) is 1.17. The second-order valence-corrected chi connectivity index (χ2v) is 5.68. The van der Waals surface area contributed by atoms with Crippen molar-refractivity contribution in [2.24, 2.45) is 5.73 Å². The summed E-state index contributed by atoms with van der Waals surface area (Å²) in [5.74, 6) is -0.518. The first-order valence-electron chi connectivity index (χ1n) is 7.59. The molecule has 0 saturated carbocycles. The average molecular weight is 290 g/mol. The molecule has 2 saturated heterocycles. The normalized spacial score (nSPS) is 20.9. The van der Waals surface area contributed by atoms with Gasteiger partial charge in [0.1, 0.15) is 0 Å².